The van der Waals surface area contributed by atoms with E-state index >= 15 is 0 Å². The molecule has 1 fully saturated rings. The fourth-order valence-corrected chi connectivity index (χ4v) is 8.05. The minimum absolute atomic E-state index is 0.0182. The van der Waals surface area contributed by atoms with Crippen molar-refractivity contribution in [3.05, 3.63) is 33.7 Å². The molecule has 0 saturated heterocycles. The molecule has 1 aliphatic heterocycles. The van der Waals surface area contributed by atoms with Crippen LogP contribution < -0.4 is 0 Å². The second kappa shape index (κ2) is 6.06. The molecule has 1 aromatic rings. The zero-order valence-corrected chi connectivity index (χ0v) is 15.1. The highest BCUT2D eigenvalue weighted by Gasteiger charge is 2.56. The molecule has 6 heteroatoms. The van der Waals surface area contributed by atoms with Crippen LogP contribution in [-0.2, 0) is 0 Å². The molecule has 0 aromatic heterocycles. The third-order valence-corrected chi connectivity index (χ3v) is 10.7. The Bertz CT molecular complexity index is 606. The summed E-state index contributed by atoms with van der Waals surface area (Å²) in [6.45, 7) is 0. The minimum atomic E-state index is -4.30. The minimum Gasteiger partial charge on any atom is -0.160 e. The highest BCUT2D eigenvalue weighted by Crippen LogP contribution is 2.82. The first-order valence-electron chi connectivity index (χ1n) is 7.44. The molecule has 1 aliphatic carbocycles. The van der Waals surface area contributed by atoms with Gasteiger partial charge >= 0.3 is 5.51 Å². The van der Waals surface area contributed by atoms with Crippen LogP contribution in [0.4, 0.5) is 13.2 Å². The zero-order chi connectivity index (χ0) is 16.0. The molecule has 1 heterocycles. The van der Waals surface area contributed by atoms with Crippen LogP contribution in [0.2, 0.25) is 5.02 Å². The molecule has 22 heavy (non-hydrogen) atoms. The Morgan fingerprint density at radius 3 is 2.32 bits per heavy atom. The zero-order valence-electron chi connectivity index (χ0n) is 11.9. The van der Waals surface area contributed by atoms with Gasteiger partial charge in [-0.25, -0.2) is 0 Å². The van der Waals surface area contributed by atoms with E-state index in [1.165, 1.54) is 6.07 Å². The lowest BCUT2D eigenvalue weighted by Gasteiger charge is -2.38. The molecular weight excluding hydrogens is 397 g/mol. The Labute approximate surface area is 142 Å². The van der Waals surface area contributed by atoms with Gasteiger partial charge in [0.25, 0.3) is 0 Å². The standard InChI is InChI=1S/C16H17BrClF3S/c17-22(16(19,20)21)14(11-5-3-1-2-4-6-11)9-12-7-8-13(18)10-15(12)22/h7-11H,1-6H2. The van der Waals surface area contributed by atoms with Crippen molar-refractivity contribution in [2.45, 2.75) is 48.9 Å². The summed E-state index contributed by atoms with van der Waals surface area (Å²) in [6, 6.07) is 4.85. The molecule has 122 valence electrons. The van der Waals surface area contributed by atoms with Gasteiger partial charge in [0.15, 0.2) is 0 Å². The van der Waals surface area contributed by atoms with Crippen LogP contribution in [0.5, 0.6) is 0 Å². The Morgan fingerprint density at radius 2 is 1.73 bits per heavy atom. The highest BCUT2D eigenvalue weighted by atomic mass is 79.9. The second-order valence-electron chi connectivity index (χ2n) is 5.90. The van der Waals surface area contributed by atoms with E-state index in [0.717, 1.165) is 38.5 Å². The van der Waals surface area contributed by atoms with Crippen molar-refractivity contribution < 1.29 is 13.2 Å². The largest absolute Gasteiger partial charge is 0.442 e. The molecule has 0 amide bonds. The summed E-state index contributed by atoms with van der Waals surface area (Å²) in [4.78, 5) is 0.853. The summed E-state index contributed by atoms with van der Waals surface area (Å²) in [7, 11) is -3.17. The van der Waals surface area contributed by atoms with E-state index in [1.807, 2.05) is 0 Å². The topological polar surface area (TPSA) is 0 Å². The fourth-order valence-electron chi connectivity index (χ4n) is 3.40. The summed E-state index contributed by atoms with van der Waals surface area (Å²) in [5.74, 6) is 0.0182. The molecule has 1 aromatic carbocycles. The van der Waals surface area contributed by atoms with Crippen LogP contribution in [0, 0.1) is 5.92 Å². The van der Waals surface area contributed by atoms with E-state index in [-0.39, 0.29) is 5.92 Å². The van der Waals surface area contributed by atoms with Crippen LogP contribution in [0.25, 0.3) is 6.08 Å². The number of alkyl halides is 3. The molecule has 3 rings (SSSR count). The van der Waals surface area contributed by atoms with Gasteiger partial charge in [0.2, 0.25) is 0 Å². The predicted molar refractivity (Wildman–Crippen MR) is 91.5 cm³/mol. The van der Waals surface area contributed by atoms with Gasteiger partial charge in [-0.2, -0.15) is 13.2 Å². The van der Waals surface area contributed by atoms with E-state index in [4.69, 9.17) is 11.6 Å². The predicted octanol–water partition coefficient (Wildman–Crippen LogP) is 7.66. The van der Waals surface area contributed by atoms with E-state index < -0.39 is 14.0 Å². The van der Waals surface area contributed by atoms with Gasteiger partial charge in [-0.3, -0.25) is 0 Å². The summed E-state index contributed by atoms with van der Waals surface area (Å²) in [5, 5.41) is 0.356. The number of fused-ring (bicyclic) bond motifs is 1. The summed E-state index contributed by atoms with van der Waals surface area (Å²) >= 11 is 9.12. The molecule has 1 unspecified atom stereocenters. The van der Waals surface area contributed by atoms with Crippen LogP contribution in [0.1, 0.15) is 44.1 Å². The maximum Gasteiger partial charge on any atom is 0.442 e. The van der Waals surface area contributed by atoms with Crippen molar-refractivity contribution in [2.24, 2.45) is 5.92 Å². The van der Waals surface area contributed by atoms with Crippen LogP contribution in [0.15, 0.2) is 28.0 Å². The summed E-state index contributed by atoms with van der Waals surface area (Å²) < 4.78 is 41.9. The van der Waals surface area contributed by atoms with Crippen molar-refractivity contribution in [3.8, 4) is 0 Å². The van der Waals surface area contributed by atoms with Crippen molar-refractivity contribution in [1.29, 1.82) is 0 Å². The first kappa shape index (κ1) is 16.7. The maximum atomic E-state index is 14.0. The van der Waals surface area contributed by atoms with E-state index in [1.54, 1.807) is 18.2 Å². The Balaban J connectivity index is 2.09. The third kappa shape index (κ3) is 2.73. The molecule has 0 spiro atoms. The highest BCUT2D eigenvalue weighted by molar-refractivity contribution is 9.59. The van der Waals surface area contributed by atoms with E-state index in [0.29, 0.717) is 20.4 Å². The number of benzene rings is 1. The first-order valence-corrected chi connectivity index (χ1v) is 11.3. The van der Waals surface area contributed by atoms with E-state index in [9.17, 15) is 13.2 Å². The molecule has 0 nitrogen and oxygen atoms in total. The maximum absolute atomic E-state index is 14.0. The summed E-state index contributed by atoms with van der Waals surface area (Å²) in [6.07, 6.45) is 7.74. The molecule has 1 saturated carbocycles. The van der Waals surface area contributed by atoms with Gasteiger partial charge in [0.05, 0.1) is 0 Å². The van der Waals surface area contributed by atoms with Crippen molar-refractivity contribution in [3.63, 3.8) is 0 Å². The monoisotopic (exact) mass is 412 g/mol. The average Bonchev–Trinajstić information content (AvgIpc) is 2.64. The lowest BCUT2D eigenvalue weighted by atomic mass is 9.98. The molecule has 2 aliphatic rings. The van der Waals surface area contributed by atoms with Crippen molar-refractivity contribution >= 4 is 41.0 Å². The van der Waals surface area contributed by atoms with Gasteiger partial charge in [-0.1, -0.05) is 43.4 Å². The number of rotatable bonds is 1. The van der Waals surface area contributed by atoms with Crippen LogP contribution >= 0.6 is 34.9 Å². The number of hydrogen-bond donors (Lipinski definition) is 0. The summed E-state index contributed by atoms with van der Waals surface area (Å²) in [5.41, 5.74) is -3.64. The van der Waals surface area contributed by atoms with Gasteiger partial charge in [-0.15, -0.1) is 0 Å². The lowest BCUT2D eigenvalue weighted by molar-refractivity contribution is -0.0357. The Kier molecular flexibility index (Phi) is 4.61. The number of hydrogen-bond acceptors (Lipinski definition) is 0. The number of allylic oxidation sites excluding steroid dienone is 1. The molecule has 1 atom stereocenters. The first-order chi connectivity index (χ1) is 10.3. The number of halogens is 5. The van der Waals surface area contributed by atoms with Gasteiger partial charge < -0.3 is 0 Å². The van der Waals surface area contributed by atoms with Crippen molar-refractivity contribution in [2.75, 3.05) is 0 Å². The average molecular weight is 414 g/mol. The SMILES string of the molecule is FC(F)(F)S1(Br)C(C2CCCCCC2)=Cc2ccc(Cl)cc21. The third-order valence-electron chi connectivity index (χ3n) is 4.48. The van der Waals surface area contributed by atoms with Crippen LogP contribution in [0.3, 0.4) is 0 Å². The molecule has 0 N–H and O–H groups in total. The van der Waals surface area contributed by atoms with Gasteiger partial charge in [0, 0.05) is 9.92 Å². The van der Waals surface area contributed by atoms with Crippen molar-refractivity contribution in [1.82, 2.24) is 0 Å². The lowest BCUT2D eigenvalue weighted by Crippen LogP contribution is -2.19. The Hall–Kier alpha value is -0.130. The van der Waals surface area contributed by atoms with E-state index in [2.05, 4.69) is 14.8 Å². The fraction of sp³-hybridized carbons (Fsp3) is 0.500. The van der Waals surface area contributed by atoms with Gasteiger partial charge in [0.1, 0.15) is 0 Å². The smallest absolute Gasteiger partial charge is 0.160 e. The Morgan fingerprint density at radius 1 is 1.09 bits per heavy atom. The van der Waals surface area contributed by atoms with Gasteiger partial charge in [-0.05, 0) is 70.7 Å². The normalized spacial score (nSPS) is 29.4. The second-order valence-corrected chi connectivity index (χ2v) is 11.7. The quantitative estimate of drug-likeness (QED) is 0.415. The molecular formula is C16H17BrClF3S. The van der Waals surface area contributed by atoms with Crippen LogP contribution in [-0.4, -0.2) is 5.51 Å². The molecule has 0 bridgehead atoms. The molecule has 0 radical (unpaired) electrons.